The van der Waals surface area contributed by atoms with Crippen LogP contribution >= 0.6 is 0 Å². The molecular formula is C20H23F6N3O3. The van der Waals surface area contributed by atoms with E-state index in [0.717, 1.165) is 18.2 Å². The zero-order valence-electron chi connectivity index (χ0n) is 17.0. The summed E-state index contributed by atoms with van der Waals surface area (Å²) in [5, 5.41) is 4.75. The standard InChI is InChI=1S/C20H23F6N3O3/c21-14-2-1-13(9-15(14)32-18(22)23)17(31)27-10-12-3-7-29(8-4-12)11-16(30)28-19(5-6-19)20(24,25)26/h1-2,9,12,18H,3-8,10-11H2,(H,27,31)(H,28,30). The van der Waals surface area contributed by atoms with Crippen LogP contribution in [0, 0.1) is 11.7 Å². The average Bonchev–Trinajstić information content (AvgIpc) is 3.49. The van der Waals surface area contributed by atoms with Crippen LogP contribution < -0.4 is 15.4 Å². The van der Waals surface area contributed by atoms with Crippen LogP contribution in [0.25, 0.3) is 0 Å². The highest BCUT2D eigenvalue weighted by molar-refractivity contribution is 5.94. The van der Waals surface area contributed by atoms with E-state index in [-0.39, 0.29) is 37.4 Å². The van der Waals surface area contributed by atoms with Gasteiger partial charge in [-0.15, -0.1) is 0 Å². The summed E-state index contributed by atoms with van der Waals surface area (Å²) in [6, 6.07) is 2.91. The summed E-state index contributed by atoms with van der Waals surface area (Å²) in [5.41, 5.74) is -2.11. The van der Waals surface area contributed by atoms with Crippen molar-refractivity contribution in [2.24, 2.45) is 5.92 Å². The molecule has 1 aliphatic carbocycles. The number of benzene rings is 1. The molecule has 0 aromatic heterocycles. The van der Waals surface area contributed by atoms with Gasteiger partial charge in [0, 0.05) is 12.1 Å². The van der Waals surface area contributed by atoms with Crippen LogP contribution in [0.4, 0.5) is 26.3 Å². The van der Waals surface area contributed by atoms with E-state index in [2.05, 4.69) is 15.4 Å². The molecule has 6 nitrogen and oxygen atoms in total. The van der Waals surface area contributed by atoms with Gasteiger partial charge in [0.25, 0.3) is 5.91 Å². The number of piperidine rings is 1. The van der Waals surface area contributed by atoms with Gasteiger partial charge in [-0.25, -0.2) is 4.39 Å². The first kappa shape index (κ1) is 24.1. The number of alkyl halides is 5. The Morgan fingerprint density at radius 2 is 1.84 bits per heavy atom. The molecule has 0 atom stereocenters. The molecule has 2 aliphatic rings. The second-order valence-electron chi connectivity index (χ2n) is 8.08. The summed E-state index contributed by atoms with van der Waals surface area (Å²) in [4.78, 5) is 26.0. The minimum absolute atomic E-state index is 0.0326. The van der Waals surface area contributed by atoms with Crippen molar-refractivity contribution < 1.29 is 40.7 Å². The number of ether oxygens (including phenoxy) is 1. The number of nitrogens with zero attached hydrogens (tertiary/aromatic N) is 1. The highest BCUT2D eigenvalue weighted by Crippen LogP contribution is 2.48. The predicted octanol–water partition coefficient (Wildman–Crippen LogP) is 3.08. The number of rotatable bonds is 8. The summed E-state index contributed by atoms with van der Waals surface area (Å²) in [6.07, 6.45) is -3.44. The fourth-order valence-electron chi connectivity index (χ4n) is 3.63. The number of hydrogen-bond donors (Lipinski definition) is 2. The quantitative estimate of drug-likeness (QED) is 0.577. The van der Waals surface area contributed by atoms with Gasteiger partial charge < -0.3 is 15.4 Å². The molecule has 1 saturated heterocycles. The second kappa shape index (κ2) is 9.55. The predicted molar refractivity (Wildman–Crippen MR) is 101 cm³/mol. The zero-order chi connectivity index (χ0) is 23.5. The molecule has 3 rings (SSSR count). The van der Waals surface area contributed by atoms with E-state index in [1.165, 1.54) is 0 Å². The Labute approximate surface area is 180 Å². The average molecular weight is 467 g/mol. The molecule has 1 heterocycles. The van der Waals surface area contributed by atoms with Gasteiger partial charge in [0.05, 0.1) is 6.54 Å². The molecule has 2 fully saturated rings. The minimum Gasteiger partial charge on any atom is -0.432 e. The Hall–Kier alpha value is -2.50. The number of carbonyl (C=O) groups is 2. The van der Waals surface area contributed by atoms with Crippen LogP contribution in [0.3, 0.4) is 0 Å². The second-order valence-corrected chi connectivity index (χ2v) is 8.08. The molecule has 1 aromatic carbocycles. The van der Waals surface area contributed by atoms with Gasteiger partial charge in [-0.3, -0.25) is 14.5 Å². The van der Waals surface area contributed by atoms with Crippen molar-refractivity contribution in [2.45, 2.75) is 44.0 Å². The lowest BCUT2D eigenvalue weighted by Crippen LogP contribution is -2.51. The number of halogens is 6. The first-order valence-electron chi connectivity index (χ1n) is 10.1. The van der Waals surface area contributed by atoms with Gasteiger partial charge in [-0.2, -0.15) is 22.0 Å². The molecule has 1 aliphatic heterocycles. The lowest BCUT2D eigenvalue weighted by atomic mass is 9.96. The van der Waals surface area contributed by atoms with Gasteiger partial charge in [0.15, 0.2) is 11.6 Å². The van der Waals surface area contributed by atoms with Crippen LogP contribution in [-0.4, -0.2) is 61.2 Å². The smallest absolute Gasteiger partial charge is 0.411 e. The molecule has 0 unspecified atom stereocenters. The fourth-order valence-corrected chi connectivity index (χ4v) is 3.63. The molecule has 1 aromatic rings. The Kier molecular flexibility index (Phi) is 7.21. The molecule has 2 amide bonds. The van der Waals surface area contributed by atoms with Crippen molar-refractivity contribution in [3.8, 4) is 5.75 Å². The lowest BCUT2D eigenvalue weighted by Gasteiger charge is -2.32. The maximum absolute atomic E-state index is 13.5. The molecule has 178 valence electrons. The van der Waals surface area contributed by atoms with E-state index in [9.17, 15) is 35.9 Å². The monoisotopic (exact) mass is 467 g/mol. The molecule has 0 bridgehead atoms. The minimum atomic E-state index is -4.45. The van der Waals surface area contributed by atoms with Crippen LogP contribution in [0.2, 0.25) is 0 Å². The van der Waals surface area contributed by atoms with Crippen molar-refractivity contribution in [1.82, 2.24) is 15.5 Å². The summed E-state index contributed by atoms with van der Waals surface area (Å²) in [6.45, 7) is -2.11. The van der Waals surface area contributed by atoms with Crippen molar-refractivity contribution in [3.63, 3.8) is 0 Å². The fraction of sp³-hybridized carbons (Fsp3) is 0.600. The summed E-state index contributed by atoms with van der Waals surface area (Å²) < 4.78 is 80.9. The maximum Gasteiger partial charge on any atom is 0.411 e. The van der Waals surface area contributed by atoms with Crippen LogP contribution in [0.1, 0.15) is 36.0 Å². The first-order chi connectivity index (χ1) is 15.0. The van der Waals surface area contributed by atoms with Crippen LogP contribution in [0.15, 0.2) is 18.2 Å². The third-order valence-corrected chi connectivity index (χ3v) is 5.71. The van der Waals surface area contributed by atoms with Gasteiger partial charge >= 0.3 is 12.8 Å². The molecule has 1 saturated carbocycles. The van der Waals surface area contributed by atoms with Crippen molar-refractivity contribution >= 4 is 11.8 Å². The first-order valence-corrected chi connectivity index (χ1v) is 10.1. The van der Waals surface area contributed by atoms with Crippen molar-refractivity contribution in [2.75, 3.05) is 26.2 Å². The largest absolute Gasteiger partial charge is 0.432 e. The number of hydrogen-bond acceptors (Lipinski definition) is 4. The van der Waals surface area contributed by atoms with Crippen LogP contribution in [-0.2, 0) is 4.79 Å². The highest BCUT2D eigenvalue weighted by atomic mass is 19.4. The van der Waals surface area contributed by atoms with Crippen LogP contribution in [0.5, 0.6) is 5.75 Å². The van der Waals surface area contributed by atoms with E-state index in [1.54, 1.807) is 4.90 Å². The molecule has 2 N–H and O–H groups in total. The van der Waals surface area contributed by atoms with Crippen molar-refractivity contribution in [3.05, 3.63) is 29.6 Å². The normalized spacial score (nSPS) is 19.0. The topological polar surface area (TPSA) is 70.7 Å². The van der Waals surface area contributed by atoms with E-state index < -0.39 is 41.7 Å². The van der Waals surface area contributed by atoms with Crippen molar-refractivity contribution in [1.29, 1.82) is 0 Å². The summed E-state index contributed by atoms with van der Waals surface area (Å²) in [7, 11) is 0. The van der Waals surface area contributed by atoms with E-state index >= 15 is 0 Å². The van der Waals surface area contributed by atoms with E-state index in [0.29, 0.717) is 25.9 Å². The highest BCUT2D eigenvalue weighted by Gasteiger charge is 2.64. The van der Waals surface area contributed by atoms with E-state index in [4.69, 9.17) is 0 Å². The number of nitrogens with one attached hydrogen (secondary N) is 2. The third-order valence-electron chi connectivity index (χ3n) is 5.71. The Bertz CT molecular complexity index is 836. The molecule has 0 radical (unpaired) electrons. The van der Waals surface area contributed by atoms with E-state index in [1.807, 2.05) is 0 Å². The zero-order valence-corrected chi connectivity index (χ0v) is 17.0. The SMILES string of the molecule is O=C(CN1CCC(CNC(=O)c2ccc(F)c(OC(F)F)c2)CC1)NC1(C(F)(F)F)CC1. The molecule has 12 heteroatoms. The van der Waals surface area contributed by atoms with Gasteiger partial charge in [0.1, 0.15) is 5.54 Å². The molecule has 0 spiro atoms. The Morgan fingerprint density at radius 1 is 1.19 bits per heavy atom. The summed E-state index contributed by atoms with van der Waals surface area (Å²) >= 11 is 0. The molecular weight excluding hydrogens is 444 g/mol. The third kappa shape index (κ3) is 6.05. The number of amides is 2. The van der Waals surface area contributed by atoms with Gasteiger partial charge in [-0.1, -0.05) is 0 Å². The maximum atomic E-state index is 13.5. The Balaban J connectivity index is 1.41. The lowest BCUT2D eigenvalue weighted by molar-refractivity contribution is -0.170. The Morgan fingerprint density at radius 3 is 2.41 bits per heavy atom. The van der Waals surface area contributed by atoms with Gasteiger partial charge in [0.2, 0.25) is 5.91 Å². The number of carbonyl (C=O) groups excluding carboxylic acids is 2. The van der Waals surface area contributed by atoms with Gasteiger partial charge in [-0.05, 0) is 62.9 Å². The molecule has 32 heavy (non-hydrogen) atoms. The summed E-state index contributed by atoms with van der Waals surface area (Å²) in [5.74, 6) is -2.91. The number of likely N-dealkylation sites (tertiary alicyclic amines) is 1.